The standard InChI is InChI=1S/C9H13NO4.C9H9NO/c1-3-8(12)10-4-5-14-9(13)6-7(2)11;1-2-9(11)10-8-6-4-3-5-7-8/h3H,1,4-6H2,2H3,(H,10,12);2-7H,1H2,(H,10,11). The molecule has 25 heavy (non-hydrogen) atoms. The summed E-state index contributed by atoms with van der Waals surface area (Å²) in [7, 11) is 0. The summed E-state index contributed by atoms with van der Waals surface area (Å²) in [6.07, 6.45) is 2.14. The van der Waals surface area contributed by atoms with Crippen LogP contribution in [0.2, 0.25) is 0 Å². The highest BCUT2D eigenvalue weighted by Crippen LogP contribution is 2.03. The van der Waals surface area contributed by atoms with Gasteiger partial charge >= 0.3 is 5.97 Å². The fraction of sp³-hybridized carbons (Fsp3) is 0.222. The average Bonchev–Trinajstić information content (AvgIpc) is 2.59. The Morgan fingerprint density at radius 2 is 1.64 bits per heavy atom. The predicted octanol–water partition coefficient (Wildman–Crippen LogP) is 1.62. The number of rotatable bonds is 8. The van der Waals surface area contributed by atoms with Crippen molar-refractivity contribution in [1.29, 1.82) is 0 Å². The number of ether oxygens (including phenoxy) is 1. The minimum atomic E-state index is -0.578. The van der Waals surface area contributed by atoms with Crippen LogP contribution in [-0.4, -0.2) is 36.7 Å². The maximum absolute atomic E-state index is 10.8. The molecule has 0 atom stereocenters. The number of hydrogen-bond donors (Lipinski definition) is 2. The Balaban J connectivity index is 0.000000472. The van der Waals surface area contributed by atoms with Gasteiger partial charge in [0.1, 0.15) is 18.8 Å². The van der Waals surface area contributed by atoms with Crippen molar-refractivity contribution in [1.82, 2.24) is 5.32 Å². The molecule has 0 bridgehead atoms. The third kappa shape index (κ3) is 13.0. The molecule has 0 aromatic heterocycles. The molecule has 0 aliphatic rings. The normalized spacial score (nSPS) is 8.84. The maximum Gasteiger partial charge on any atom is 0.313 e. The zero-order chi connectivity index (χ0) is 19.1. The smallest absolute Gasteiger partial charge is 0.313 e. The number of hydrogen-bond acceptors (Lipinski definition) is 5. The van der Waals surface area contributed by atoms with Crippen molar-refractivity contribution in [2.24, 2.45) is 0 Å². The predicted molar refractivity (Wildman–Crippen MR) is 94.7 cm³/mol. The van der Waals surface area contributed by atoms with Gasteiger partial charge in [0.2, 0.25) is 11.8 Å². The molecule has 0 heterocycles. The summed E-state index contributed by atoms with van der Waals surface area (Å²) >= 11 is 0. The average molecular weight is 346 g/mol. The molecule has 0 aliphatic heterocycles. The molecular weight excluding hydrogens is 324 g/mol. The molecule has 0 aliphatic carbocycles. The summed E-state index contributed by atoms with van der Waals surface area (Å²) in [6, 6.07) is 9.25. The zero-order valence-electron chi connectivity index (χ0n) is 14.1. The van der Waals surface area contributed by atoms with Crippen LogP contribution in [0.4, 0.5) is 5.69 Å². The number of nitrogens with one attached hydrogen (secondary N) is 2. The Kier molecular flexibility index (Phi) is 11.5. The van der Waals surface area contributed by atoms with E-state index < -0.39 is 5.97 Å². The first kappa shape index (κ1) is 21.8. The molecule has 0 unspecified atom stereocenters. The van der Waals surface area contributed by atoms with Gasteiger partial charge in [-0.3, -0.25) is 19.2 Å². The summed E-state index contributed by atoms with van der Waals surface area (Å²) in [4.78, 5) is 42.6. The van der Waals surface area contributed by atoms with E-state index in [9.17, 15) is 19.2 Å². The van der Waals surface area contributed by atoms with Crippen molar-refractivity contribution in [3.63, 3.8) is 0 Å². The Morgan fingerprint density at radius 3 is 2.16 bits per heavy atom. The molecule has 0 saturated carbocycles. The molecule has 1 rings (SSSR count). The lowest BCUT2D eigenvalue weighted by molar-refractivity contribution is -0.145. The van der Waals surface area contributed by atoms with E-state index >= 15 is 0 Å². The van der Waals surface area contributed by atoms with E-state index in [0.717, 1.165) is 11.8 Å². The molecular formula is C18H22N2O5. The van der Waals surface area contributed by atoms with Crippen LogP contribution in [0, 0.1) is 0 Å². The lowest BCUT2D eigenvalue weighted by atomic mass is 10.3. The summed E-state index contributed by atoms with van der Waals surface area (Å²) in [5.41, 5.74) is 0.789. The second kappa shape index (κ2) is 13.2. The second-order valence-electron chi connectivity index (χ2n) is 4.65. The first-order chi connectivity index (χ1) is 11.9. The van der Waals surface area contributed by atoms with Gasteiger partial charge in [-0.15, -0.1) is 0 Å². The molecule has 0 spiro atoms. The maximum atomic E-state index is 10.8. The van der Waals surface area contributed by atoms with Crippen LogP contribution in [0.25, 0.3) is 0 Å². The van der Waals surface area contributed by atoms with Crippen LogP contribution < -0.4 is 10.6 Å². The minimum Gasteiger partial charge on any atom is -0.463 e. The van der Waals surface area contributed by atoms with Gasteiger partial charge in [-0.1, -0.05) is 31.4 Å². The molecule has 1 aromatic carbocycles. The second-order valence-corrected chi connectivity index (χ2v) is 4.65. The van der Waals surface area contributed by atoms with E-state index in [2.05, 4.69) is 28.5 Å². The van der Waals surface area contributed by atoms with Crippen molar-refractivity contribution in [3.05, 3.63) is 55.6 Å². The summed E-state index contributed by atoms with van der Waals surface area (Å²) in [6.45, 7) is 8.18. The van der Waals surface area contributed by atoms with Crippen molar-refractivity contribution < 1.29 is 23.9 Å². The Hall–Kier alpha value is -3.22. The molecule has 0 saturated heterocycles. The Labute approximate surface area is 146 Å². The van der Waals surface area contributed by atoms with Crippen molar-refractivity contribution in [2.45, 2.75) is 13.3 Å². The molecule has 1 aromatic rings. The van der Waals surface area contributed by atoms with Crippen LogP contribution in [0.15, 0.2) is 55.6 Å². The highest BCUT2D eigenvalue weighted by atomic mass is 16.5. The number of carbonyl (C=O) groups is 4. The first-order valence-electron chi connectivity index (χ1n) is 7.42. The van der Waals surface area contributed by atoms with Crippen molar-refractivity contribution in [2.75, 3.05) is 18.5 Å². The molecule has 134 valence electrons. The number of carbonyl (C=O) groups excluding carboxylic acids is 4. The Morgan fingerprint density at radius 1 is 1.04 bits per heavy atom. The number of anilines is 1. The van der Waals surface area contributed by atoms with E-state index in [1.54, 1.807) is 0 Å². The van der Waals surface area contributed by atoms with Crippen LogP contribution in [0.3, 0.4) is 0 Å². The molecule has 2 N–H and O–H groups in total. The molecule has 0 fully saturated rings. The van der Waals surface area contributed by atoms with Crippen LogP contribution in [0.1, 0.15) is 13.3 Å². The van der Waals surface area contributed by atoms with Gasteiger partial charge in [0.25, 0.3) is 0 Å². The fourth-order valence-electron chi connectivity index (χ4n) is 1.38. The van der Waals surface area contributed by atoms with Crippen LogP contribution >= 0.6 is 0 Å². The van der Waals surface area contributed by atoms with Gasteiger partial charge in [-0.2, -0.15) is 0 Å². The van der Waals surface area contributed by atoms with E-state index in [-0.39, 0.29) is 37.2 Å². The van der Waals surface area contributed by atoms with Gasteiger partial charge < -0.3 is 15.4 Å². The fourth-order valence-corrected chi connectivity index (χ4v) is 1.38. The van der Waals surface area contributed by atoms with E-state index in [4.69, 9.17) is 0 Å². The van der Waals surface area contributed by atoms with E-state index in [0.29, 0.717) is 0 Å². The SMILES string of the molecule is C=CC(=O)NCCOC(=O)CC(C)=O.C=CC(=O)Nc1ccccc1. The van der Waals surface area contributed by atoms with E-state index in [1.807, 2.05) is 30.3 Å². The monoisotopic (exact) mass is 346 g/mol. The summed E-state index contributed by atoms with van der Waals surface area (Å²) < 4.78 is 4.64. The minimum absolute atomic E-state index is 0.0612. The van der Waals surface area contributed by atoms with Gasteiger partial charge in [0.15, 0.2) is 0 Å². The van der Waals surface area contributed by atoms with Crippen molar-refractivity contribution in [3.8, 4) is 0 Å². The third-order valence-electron chi connectivity index (χ3n) is 2.47. The quantitative estimate of drug-likeness (QED) is 0.322. The van der Waals surface area contributed by atoms with Crippen LogP contribution in [0.5, 0.6) is 0 Å². The molecule has 2 amide bonds. The number of ketones is 1. The van der Waals surface area contributed by atoms with Crippen molar-refractivity contribution >= 4 is 29.3 Å². The molecule has 7 heteroatoms. The lowest BCUT2D eigenvalue weighted by Gasteiger charge is -2.03. The molecule has 7 nitrogen and oxygen atoms in total. The number of Topliss-reactive ketones (excluding diaryl/α,β-unsaturated/α-hetero) is 1. The van der Waals surface area contributed by atoms with Gasteiger partial charge in [0, 0.05) is 5.69 Å². The number of para-hydroxylation sites is 1. The molecule has 0 radical (unpaired) electrons. The van der Waals surface area contributed by atoms with Gasteiger partial charge in [-0.05, 0) is 31.2 Å². The number of benzene rings is 1. The third-order valence-corrected chi connectivity index (χ3v) is 2.47. The van der Waals surface area contributed by atoms with E-state index in [1.165, 1.54) is 13.0 Å². The lowest BCUT2D eigenvalue weighted by Crippen LogP contribution is -2.26. The highest BCUT2D eigenvalue weighted by molar-refractivity contribution is 5.98. The summed E-state index contributed by atoms with van der Waals surface area (Å²) in [5.74, 6) is -1.33. The van der Waals surface area contributed by atoms with Gasteiger partial charge in [-0.25, -0.2) is 0 Å². The number of esters is 1. The number of amides is 2. The zero-order valence-corrected chi connectivity index (χ0v) is 14.1. The first-order valence-corrected chi connectivity index (χ1v) is 7.42. The Bertz CT molecular complexity index is 611. The largest absolute Gasteiger partial charge is 0.463 e. The van der Waals surface area contributed by atoms with Crippen LogP contribution in [-0.2, 0) is 23.9 Å². The van der Waals surface area contributed by atoms with Gasteiger partial charge in [0.05, 0.1) is 6.54 Å². The topological polar surface area (TPSA) is 102 Å². The highest BCUT2D eigenvalue weighted by Gasteiger charge is 2.05. The summed E-state index contributed by atoms with van der Waals surface area (Å²) in [5, 5.41) is 5.06.